The van der Waals surface area contributed by atoms with E-state index >= 15 is 0 Å². The summed E-state index contributed by atoms with van der Waals surface area (Å²) in [7, 11) is 0. The summed E-state index contributed by atoms with van der Waals surface area (Å²) in [5.41, 5.74) is 0.361. The van der Waals surface area contributed by atoms with Gasteiger partial charge in [0, 0.05) is 31.7 Å². The number of nitrogens with one attached hydrogen (secondary N) is 1. The molecule has 0 aliphatic carbocycles. The van der Waals surface area contributed by atoms with Gasteiger partial charge in [-0.15, -0.1) is 0 Å². The van der Waals surface area contributed by atoms with Crippen molar-refractivity contribution >= 4 is 0 Å². The van der Waals surface area contributed by atoms with Gasteiger partial charge in [0.2, 0.25) is 0 Å². The molecule has 0 amide bonds. The van der Waals surface area contributed by atoms with E-state index in [9.17, 15) is 17.6 Å². The van der Waals surface area contributed by atoms with Gasteiger partial charge >= 0.3 is 12.5 Å². The predicted octanol–water partition coefficient (Wildman–Crippen LogP) is 3.51. The minimum Gasteiger partial charge on any atom is -0.467 e. The lowest BCUT2D eigenvalue weighted by Crippen LogP contribution is -2.45. The van der Waals surface area contributed by atoms with Crippen LogP contribution in [0, 0.1) is 0 Å². The summed E-state index contributed by atoms with van der Waals surface area (Å²) in [5.74, 6) is 0.256. The monoisotopic (exact) mass is 358 g/mol. The van der Waals surface area contributed by atoms with Crippen LogP contribution in [0.4, 0.5) is 17.6 Å². The molecule has 1 aromatic carbocycles. The molecule has 1 atom stereocenters. The highest BCUT2D eigenvalue weighted by atomic mass is 19.3. The first-order chi connectivity index (χ1) is 12.0. The minimum absolute atomic E-state index is 0.285. The Balaban J connectivity index is 1.99. The topological polar surface area (TPSA) is 37.6 Å². The van der Waals surface area contributed by atoms with Gasteiger partial charge in [-0.25, -0.2) is 0 Å². The van der Waals surface area contributed by atoms with Gasteiger partial charge < -0.3 is 14.5 Å². The second-order valence-electron chi connectivity index (χ2n) is 5.71. The molecule has 1 saturated heterocycles. The Labute approximate surface area is 142 Å². The Bertz CT molecular complexity index is 673. The molecule has 0 unspecified atom stereocenters. The lowest BCUT2D eigenvalue weighted by molar-refractivity contribution is -0.253. The molecule has 2 heterocycles. The van der Waals surface area contributed by atoms with Crippen molar-refractivity contribution in [2.45, 2.75) is 18.6 Å². The molecular weight excluding hydrogens is 340 g/mol. The molecule has 1 fully saturated rings. The van der Waals surface area contributed by atoms with E-state index in [0.29, 0.717) is 24.4 Å². The van der Waals surface area contributed by atoms with Gasteiger partial charge in [-0.1, -0.05) is 18.2 Å². The highest BCUT2D eigenvalue weighted by Gasteiger charge is 2.45. The second-order valence-corrected chi connectivity index (χ2v) is 5.71. The van der Waals surface area contributed by atoms with Crippen molar-refractivity contribution in [3.63, 3.8) is 0 Å². The van der Waals surface area contributed by atoms with Crippen molar-refractivity contribution in [3.8, 4) is 5.75 Å². The SMILES string of the molecule is FC(F)C(F)(F)Oc1ccccc1[C@@H](c1ccco1)N1CCNCC1. The van der Waals surface area contributed by atoms with Crippen LogP contribution in [0.5, 0.6) is 5.75 Å². The molecule has 1 N–H and O–H groups in total. The third-order valence-electron chi connectivity index (χ3n) is 4.04. The number of hydrogen-bond acceptors (Lipinski definition) is 4. The highest BCUT2D eigenvalue weighted by molar-refractivity contribution is 5.40. The smallest absolute Gasteiger partial charge is 0.461 e. The summed E-state index contributed by atoms with van der Waals surface area (Å²) >= 11 is 0. The average molecular weight is 358 g/mol. The third kappa shape index (κ3) is 3.96. The number of piperazine rings is 1. The number of furan rings is 1. The van der Waals surface area contributed by atoms with E-state index in [-0.39, 0.29) is 5.75 Å². The zero-order chi connectivity index (χ0) is 17.9. The molecule has 0 bridgehead atoms. The lowest BCUT2D eigenvalue weighted by atomic mass is 10.0. The van der Waals surface area contributed by atoms with Crippen LogP contribution in [-0.4, -0.2) is 43.6 Å². The fourth-order valence-corrected chi connectivity index (χ4v) is 2.91. The molecule has 1 aromatic heterocycles. The van der Waals surface area contributed by atoms with Crippen LogP contribution < -0.4 is 10.1 Å². The third-order valence-corrected chi connectivity index (χ3v) is 4.04. The zero-order valence-corrected chi connectivity index (χ0v) is 13.3. The van der Waals surface area contributed by atoms with Crippen LogP contribution in [0.25, 0.3) is 0 Å². The van der Waals surface area contributed by atoms with E-state index < -0.39 is 18.6 Å². The number of halogens is 4. The number of rotatable bonds is 6. The van der Waals surface area contributed by atoms with Gasteiger partial charge in [0.1, 0.15) is 11.5 Å². The van der Waals surface area contributed by atoms with Crippen molar-refractivity contribution in [1.82, 2.24) is 10.2 Å². The Morgan fingerprint density at radius 3 is 2.44 bits per heavy atom. The first-order valence-electron chi connectivity index (χ1n) is 7.91. The van der Waals surface area contributed by atoms with Crippen LogP contribution in [-0.2, 0) is 0 Å². The number of benzene rings is 1. The fraction of sp³-hybridized carbons (Fsp3) is 0.412. The first-order valence-corrected chi connectivity index (χ1v) is 7.91. The van der Waals surface area contributed by atoms with E-state index in [0.717, 1.165) is 13.1 Å². The molecule has 2 aromatic rings. The van der Waals surface area contributed by atoms with Gasteiger partial charge in [0.25, 0.3) is 0 Å². The Hall–Kier alpha value is -2.06. The first kappa shape index (κ1) is 17.8. The van der Waals surface area contributed by atoms with Gasteiger partial charge in [0.05, 0.1) is 12.3 Å². The normalized spacial score (nSPS) is 17.6. The molecule has 136 valence electrons. The number of alkyl halides is 4. The quantitative estimate of drug-likeness (QED) is 0.802. The maximum Gasteiger partial charge on any atom is 0.461 e. The maximum absolute atomic E-state index is 13.4. The zero-order valence-electron chi connectivity index (χ0n) is 13.3. The molecule has 4 nitrogen and oxygen atoms in total. The molecular formula is C17H18F4N2O2. The summed E-state index contributed by atoms with van der Waals surface area (Å²) < 4.78 is 61.9. The average Bonchev–Trinajstić information content (AvgIpc) is 3.11. The molecule has 8 heteroatoms. The van der Waals surface area contributed by atoms with Crippen LogP contribution in [0.15, 0.2) is 47.1 Å². The number of hydrogen-bond donors (Lipinski definition) is 1. The van der Waals surface area contributed by atoms with E-state index in [4.69, 9.17) is 4.42 Å². The van der Waals surface area contributed by atoms with E-state index in [1.165, 1.54) is 18.4 Å². The summed E-state index contributed by atoms with van der Waals surface area (Å²) in [5, 5.41) is 3.21. The van der Waals surface area contributed by atoms with Crippen molar-refractivity contribution in [3.05, 3.63) is 54.0 Å². The van der Waals surface area contributed by atoms with Crippen molar-refractivity contribution in [1.29, 1.82) is 0 Å². The Kier molecular flexibility index (Phi) is 5.29. The molecule has 1 aliphatic heterocycles. The number of ether oxygens (including phenoxy) is 1. The van der Waals surface area contributed by atoms with Gasteiger partial charge in [-0.05, 0) is 18.2 Å². The van der Waals surface area contributed by atoms with Gasteiger partial charge in [0.15, 0.2) is 0 Å². The summed E-state index contributed by atoms with van der Waals surface area (Å²) in [4.78, 5) is 2.04. The molecule has 0 saturated carbocycles. The van der Waals surface area contributed by atoms with Crippen LogP contribution in [0.1, 0.15) is 17.4 Å². The maximum atomic E-state index is 13.4. The Morgan fingerprint density at radius 1 is 1.08 bits per heavy atom. The Morgan fingerprint density at radius 2 is 1.80 bits per heavy atom. The lowest BCUT2D eigenvalue weighted by Gasteiger charge is -2.35. The number of nitrogens with zero attached hydrogens (tertiary/aromatic N) is 1. The van der Waals surface area contributed by atoms with Crippen molar-refractivity contribution in [2.24, 2.45) is 0 Å². The molecule has 0 spiro atoms. The molecule has 0 radical (unpaired) electrons. The second kappa shape index (κ2) is 7.45. The van der Waals surface area contributed by atoms with Crippen LogP contribution in [0.2, 0.25) is 0 Å². The predicted molar refractivity (Wildman–Crippen MR) is 83.0 cm³/mol. The number of para-hydroxylation sites is 1. The summed E-state index contributed by atoms with van der Waals surface area (Å²) in [6.07, 6.45) is -6.99. The van der Waals surface area contributed by atoms with Gasteiger partial charge in [-0.2, -0.15) is 17.6 Å². The summed E-state index contributed by atoms with van der Waals surface area (Å²) in [6, 6.07) is 8.91. The van der Waals surface area contributed by atoms with Crippen molar-refractivity contribution < 1.29 is 26.7 Å². The summed E-state index contributed by atoms with van der Waals surface area (Å²) in [6.45, 7) is 2.77. The minimum atomic E-state index is -4.56. The molecule has 25 heavy (non-hydrogen) atoms. The van der Waals surface area contributed by atoms with E-state index in [2.05, 4.69) is 10.1 Å². The van der Waals surface area contributed by atoms with Crippen molar-refractivity contribution in [2.75, 3.05) is 26.2 Å². The largest absolute Gasteiger partial charge is 0.467 e. The van der Waals surface area contributed by atoms with Crippen LogP contribution in [0.3, 0.4) is 0 Å². The van der Waals surface area contributed by atoms with Crippen LogP contribution >= 0.6 is 0 Å². The van der Waals surface area contributed by atoms with E-state index in [1.54, 1.807) is 24.3 Å². The van der Waals surface area contributed by atoms with Gasteiger partial charge in [-0.3, -0.25) is 4.90 Å². The standard InChI is InChI=1S/C17H18F4N2O2/c18-16(19)17(20,21)25-13-5-2-1-4-12(13)15(14-6-3-11-24-14)23-9-7-22-8-10-23/h1-6,11,15-16,22H,7-10H2/t15-/m0/s1. The molecule has 1 aliphatic rings. The fourth-order valence-electron chi connectivity index (χ4n) is 2.91. The highest BCUT2D eigenvalue weighted by Crippen LogP contribution is 2.38. The molecule has 3 rings (SSSR count). The van der Waals surface area contributed by atoms with E-state index in [1.807, 2.05) is 4.90 Å².